The molecule has 0 saturated heterocycles. The van der Waals surface area contributed by atoms with Gasteiger partial charge in [-0.3, -0.25) is 0 Å². The Bertz CT molecular complexity index is 1130. The van der Waals surface area contributed by atoms with Gasteiger partial charge in [-0.25, -0.2) is 14.6 Å². The van der Waals surface area contributed by atoms with Crippen molar-refractivity contribution < 1.29 is 0 Å². The van der Waals surface area contributed by atoms with Gasteiger partial charge in [0.2, 0.25) is 5.65 Å². The molecule has 0 fully saturated rings. The number of aromatic nitrogens is 5. The zero-order chi connectivity index (χ0) is 18.8. The van der Waals surface area contributed by atoms with Crippen LogP contribution in [0.5, 0.6) is 0 Å². The Morgan fingerprint density at radius 1 is 1.07 bits per heavy atom. The highest BCUT2D eigenvalue weighted by molar-refractivity contribution is 5.80. The maximum absolute atomic E-state index is 6.28. The molecule has 0 radical (unpaired) electrons. The van der Waals surface area contributed by atoms with Gasteiger partial charge in [0, 0.05) is 0 Å². The van der Waals surface area contributed by atoms with E-state index in [1.165, 1.54) is 5.56 Å². The predicted octanol–water partition coefficient (Wildman–Crippen LogP) is 3.34. The number of nitrogens with zero attached hydrogens (tertiary/aromatic N) is 5. The SMILES string of the molecule is Cc1ccc(Cn2nnc3ncc(/C(N)=C/c4ccccc4C)nc32)cc1. The second-order valence-corrected chi connectivity index (χ2v) is 6.59. The van der Waals surface area contributed by atoms with Crippen molar-refractivity contribution in [2.24, 2.45) is 5.73 Å². The minimum Gasteiger partial charge on any atom is -0.397 e. The van der Waals surface area contributed by atoms with E-state index in [0.717, 1.165) is 16.7 Å². The van der Waals surface area contributed by atoms with Gasteiger partial charge in [0.05, 0.1) is 18.4 Å². The Balaban J connectivity index is 1.69. The van der Waals surface area contributed by atoms with Crippen molar-refractivity contribution in [1.82, 2.24) is 25.0 Å². The number of benzene rings is 2. The average molecular weight is 356 g/mol. The molecule has 0 aliphatic heterocycles. The second kappa shape index (κ2) is 6.99. The number of nitrogens with two attached hydrogens (primary N) is 1. The van der Waals surface area contributed by atoms with E-state index < -0.39 is 0 Å². The predicted molar refractivity (Wildman–Crippen MR) is 107 cm³/mol. The summed E-state index contributed by atoms with van der Waals surface area (Å²) in [5.74, 6) is 0. The van der Waals surface area contributed by atoms with E-state index in [2.05, 4.69) is 64.5 Å². The van der Waals surface area contributed by atoms with Gasteiger partial charge in [-0.15, -0.1) is 5.10 Å². The number of aryl methyl sites for hydroxylation is 2. The first-order valence-electron chi connectivity index (χ1n) is 8.75. The lowest BCUT2D eigenvalue weighted by molar-refractivity contribution is 0.664. The summed E-state index contributed by atoms with van der Waals surface area (Å²) in [4.78, 5) is 9.02. The summed E-state index contributed by atoms with van der Waals surface area (Å²) in [6.45, 7) is 4.70. The number of rotatable bonds is 4. The van der Waals surface area contributed by atoms with Gasteiger partial charge in [-0.05, 0) is 36.6 Å². The van der Waals surface area contributed by atoms with Crippen LogP contribution in [0.4, 0.5) is 0 Å². The van der Waals surface area contributed by atoms with Crippen LogP contribution in [-0.4, -0.2) is 25.0 Å². The van der Waals surface area contributed by atoms with E-state index in [9.17, 15) is 0 Å². The first kappa shape index (κ1) is 16.9. The third-order valence-corrected chi connectivity index (χ3v) is 4.48. The fraction of sp³-hybridized carbons (Fsp3) is 0.143. The highest BCUT2D eigenvalue weighted by atomic mass is 15.4. The highest BCUT2D eigenvalue weighted by Crippen LogP contribution is 2.17. The van der Waals surface area contributed by atoms with E-state index in [0.29, 0.717) is 29.2 Å². The van der Waals surface area contributed by atoms with Crippen molar-refractivity contribution in [3.8, 4) is 0 Å². The normalized spacial score (nSPS) is 11.9. The molecule has 2 aromatic heterocycles. The molecule has 6 heteroatoms. The van der Waals surface area contributed by atoms with Crippen molar-refractivity contribution in [3.63, 3.8) is 0 Å². The minimum atomic E-state index is 0.509. The van der Waals surface area contributed by atoms with Gasteiger partial charge in [0.15, 0.2) is 5.65 Å². The van der Waals surface area contributed by atoms with E-state index in [4.69, 9.17) is 5.73 Å². The summed E-state index contributed by atoms with van der Waals surface area (Å²) in [5, 5.41) is 8.30. The maximum Gasteiger partial charge on any atom is 0.221 e. The Hall–Kier alpha value is -3.54. The van der Waals surface area contributed by atoms with Crippen molar-refractivity contribution in [2.75, 3.05) is 0 Å². The molecule has 0 unspecified atom stereocenters. The molecule has 6 nitrogen and oxygen atoms in total. The van der Waals surface area contributed by atoms with Crippen LogP contribution < -0.4 is 5.73 Å². The molecule has 2 N–H and O–H groups in total. The Labute approximate surface area is 157 Å². The summed E-state index contributed by atoms with van der Waals surface area (Å²) in [6.07, 6.45) is 3.55. The van der Waals surface area contributed by atoms with Gasteiger partial charge in [-0.2, -0.15) is 0 Å². The van der Waals surface area contributed by atoms with E-state index in [-0.39, 0.29) is 0 Å². The lowest BCUT2D eigenvalue weighted by Crippen LogP contribution is -2.06. The molecule has 134 valence electrons. The number of hydrogen-bond acceptors (Lipinski definition) is 5. The third-order valence-electron chi connectivity index (χ3n) is 4.48. The standard InChI is InChI=1S/C21H20N6/c1-14-7-9-16(10-8-14)13-27-21-20(25-26-27)23-12-19(24-21)18(22)11-17-6-4-3-5-15(17)2/h3-12H,13,22H2,1-2H3/b18-11-. The molecule has 0 aliphatic carbocycles. The Kier molecular flexibility index (Phi) is 4.38. The smallest absolute Gasteiger partial charge is 0.221 e. The van der Waals surface area contributed by atoms with Gasteiger partial charge < -0.3 is 5.73 Å². The van der Waals surface area contributed by atoms with Crippen molar-refractivity contribution in [3.05, 3.63) is 82.7 Å². The maximum atomic E-state index is 6.28. The summed E-state index contributed by atoms with van der Waals surface area (Å²) in [6, 6.07) is 16.4. The summed E-state index contributed by atoms with van der Waals surface area (Å²) in [7, 11) is 0. The van der Waals surface area contributed by atoms with E-state index >= 15 is 0 Å². The van der Waals surface area contributed by atoms with Crippen LogP contribution in [-0.2, 0) is 6.54 Å². The van der Waals surface area contributed by atoms with Crippen LogP contribution in [0.15, 0.2) is 54.7 Å². The third kappa shape index (κ3) is 3.55. The topological polar surface area (TPSA) is 82.5 Å². The molecular formula is C21H20N6. The largest absolute Gasteiger partial charge is 0.397 e. The van der Waals surface area contributed by atoms with Gasteiger partial charge in [0.1, 0.15) is 5.69 Å². The second-order valence-electron chi connectivity index (χ2n) is 6.59. The highest BCUT2D eigenvalue weighted by Gasteiger charge is 2.11. The lowest BCUT2D eigenvalue weighted by Gasteiger charge is -2.05. The molecule has 0 amide bonds. The Morgan fingerprint density at radius 2 is 1.85 bits per heavy atom. The molecule has 4 aromatic rings. The van der Waals surface area contributed by atoms with Crippen molar-refractivity contribution in [2.45, 2.75) is 20.4 Å². The molecule has 0 spiro atoms. The minimum absolute atomic E-state index is 0.509. The van der Waals surface area contributed by atoms with E-state index in [1.807, 2.05) is 24.3 Å². The van der Waals surface area contributed by atoms with Gasteiger partial charge >= 0.3 is 0 Å². The zero-order valence-electron chi connectivity index (χ0n) is 15.3. The first-order valence-corrected chi connectivity index (χ1v) is 8.75. The molecule has 0 saturated carbocycles. The molecule has 2 aromatic carbocycles. The van der Waals surface area contributed by atoms with Crippen LogP contribution in [0.1, 0.15) is 27.9 Å². The Morgan fingerprint density at radius 3 is 2.63 bits per heavy atom. The summed E-state index contributed by atoms with van der Waals surface area (Å²) < 4.78 is 1.75. The van der Waals surface area contributed by atoms with Crippen LogP contribution in [0.25, 0.3) is 23.1 Å². The van der Waals surface area contributed by atoms with Gasteiger partial charge in [0.25, 0.3) is 0 Å². The van der Waals surface area contributed by atoms with Crippen LogP contribution in [0, 0.1) is 13.8 Å². The fourth-order valence-corrected chi connectivity index (χ4v) is 2.86. The quantitative estimate of drug-likeness (QED) is 0.606. The summed E-state index contributed by atoms with van der Waals surface area (Å²) >= 11 is 0. The van der Waals surface area contributed by atoms with Crippen LogP contribution in [0.2, 0.25) is 0 Å². The van der Waals surface area contributed by atoms with Crippen LogP contribution >= 0.6 is 0 Å². The molecule has 2 heterocycles. The molecule has 0 bridgehead atoms. The molecular weight excluding hydrogens is 336 g/mol. The lowest BCUT2D eigenvalue weighted by atomic mass is 10.1. The monoisotopic (exact) mass is 356 g/mol. The van der Waals surface area contributed by atoms with E-state index in [1.54, 1.807) is 10.9 Å². The average Bonchev–Trinajstić information content (AvgIpc) is 3.07. The first-order chi connectivity index (χ1) is 13.1. The number of fused-ring (bicyclic) bond motifs is 1. The molecule has 4 rings (SSSR count). The molecule has 0 aliphatic rings. The fourth-order valence-electron chi connectivity index (χ4n) is 2.86. The van der Waals surface area contributed by atoms with Crippen molar-refractivity contribution >= 4 is 23.1 Å². The van der Waals surface area contributed by atoms with Crippen molar-refractivity contribution in [1.29, 1.82) is 0 Å². The van der Waals surface area contributed by atoms with Gasteiger partial charge in [-0.1, -0.05) is 59.3 Å². The molecule has 27 heavy (non-hydrogen) atoms. The summed E-state index contributed by atoms with van der Waals surface area (Å²) in [5.41, 5.74) is 13.1. The molecule has 0 atom stereocenters. The van der Waals surface area contributed by atoms with Crippen LogP contribution in [0.3, 0.4) is 0 Å². The zero-order valence-corrected chi connectivity index (χ0v) is 15.3. The number of hydrogen-bond donors (Lipinski definition) is 1.